The number of esters is 3. The molecular formula is C48H93NO6. The number of ether oxygens (including phenoxy) is 3. The lowest BCUT2D eigenvalue weighted by molar-refractivity contribution is -0.152. The molecule has 0 N–H and O–H groups in total. The summed E-state index contributed by atoms with van der Waals surface area (Å²) in [5.74, 6) is 3.58. The average Bonchev–Trinajstić information content (AvgIpc) is 3.05. The summed E-state index contributed by atoms with van der Waals surface area (Å²) in [4.78, 5) is 40.3. The number of carbonyl (C=O) groups excluding carboxylic acids is 3. The minimum atomic E-state index is -0.104. The lowest BCUT2D eigenvalue weighted by Crippen LogP contribution is -2.28. The maximum absolute atomic E-state index is 13.2. The molecule has 7 heteroatoms. The van der Waals surface area contributed by atoms with Crippen molar-refractivity contribution in [3.8, 4) is 0 Å². The van der Waals surface area contributed by atoms with Gasteiger partial charge in [-0.3, -0.25) is 14.4 Å². The largest absolute Gasteiger partial charge is 0.465 e. The minimum absolute atomic E-state index is 0.0540. The number of hydrogen-bond acceptors (Lipinski definition) is 7. The first-order chi connectivity index (χ1) is 25.8. The molecule has 3 unspecified atom stereocenters. The fourth-order valence-corrected chi connectivity index (χ4v) is 7.78. The van der Waals surface area contributed by atoms with Gasteiger partial charge in [-0.05, 0) is 119 Å². The summed E-state index contributed by atoms with van der Waals surface area (Å²) >= 11 is 0. The van der Waals surface area contributed by atoms with Crippen molar-refractivity contribution >= 4 is 17.9 Å². The highest BCUT2D eigenvalue weighted by atomic mass is 16.5. The molecule has 0 saturated carbocycles. The number of carbonyl (C=O) groups is 3. The molecule has 7 nitrogen and oxygen atoms in total. The quantitative estimate of drug-likeness (QED) is 0.0360. The molecule has 0 rings (SSSR count). The first-order valence-electron chi connectivity index (χ1n) is 23.0. The highest BCUT2D eigenvalue weighted by Crippen LogP contribution is 2.31. The van der Waals surface area contributed by atoms with Gasteiger partial charge in [0.1, 0.15) is 6.10 Å². The third-order valence-electron chi connectivity index (χ3n) is 11.3. The van der Waals surface area contributed by atoms with E-state index in [9.17, 15) is 14.4 Å². The zero-order chi connectivity index (χ0) is 41.8. The molecule has 0 aromatic heterocycles. The summed E-state index contributed by atoms with van der Waals surface area (Å²) in [6, 6.07) is 0. The number of nitrogens with zero attached hydrogens (tertiary/aromatic N) is 1. The van der Waals surface area contributed by atoms with Crippen LogP contribution in [-0.2, 0) is 28.6 Å². The van der Waals surface area contributed by atoms with Gasteiger partial charge in [-0.15, -0.1) is 0 Å². The summed E-state index contributed by atoms with van der Waals surface area (Å²) in [5, 5.41) is 0. The van der Waals surface area contributed by atoms with Gasteiger partial charge in [0, 0.05) is 19.4 Å². The summed E-state index contributed by atoms with van der Waals surface area (Å²) in [7, 11) is 4.20. The van der Waals surface area contributed by atoms with E-state index in [1.54, 1.807) is 0 Å². The van der Waals surface area contributed by atoms with Crippen molar-refractivity contribution in [1.29, 1.82) is 0 Å². The minimum Gasteiger partial charge on any atom is -0.465 e. The number of hydrogen-bond donors (Lipinski definition) is 0. The van der Waals surface area contributed by atoms with E-state index >= 15 is 0 Å². The van der Waals surface area contributed by atoms with E-state index < -0.39 is 0 Å². The molecule has 0 bridgehead atoms. The molecule has 326 valence electrons. The molecule has 0 aliphatic heterocycles. The summed E-state index contributed by atoms with van der Waals surface area (Å²) < 4.78 is 17.5. The zero-order valence-corrected chi connectivity index (χ0v) is 38.8. The third-order valence-corrected chi connectivity index (χ3v) is 11.3. The van der Waals surface area contributed by atoms with Crippen molar-refractivity contribution in [3.05, 3.63) is 0 Å². The van der Waals surface area contributed by atoms with E-state index in [0.717, 1.165) is 103 Å². The number of unbranched alkanes of at least 4 members (excludes halogenated alkanes) is 8. The second kappa shape index (κ2) is 31.4. The third kappa shape index (κ3) is 32.1. The Labute approximate surface area is 341 Å². The standard InChI is InChI=1S/C48H93NO6/c1-37(2)28-30-42(39(5)6)35-53-45(50)26-22-18-14-16-20-24-44(55-47(52)33-48(10,11)32-41(9)34-49(12)13)25-21-17-15-19-23-27-46(51)54-36-43(40(7)8)31-29-38(3)4/h37-44H,14-36H2,1-13H3. The summed E-state index contributed by atoms with van der Waals surface area (Å²) in [5.41, 5.74) is -0.104. The molecule has 0 heterocycles. The van der Waals surface area contributed by atoms with Crippen LogP contribution in [0.4, 0.5) is 0 Å². The van der Waals surface area contributed by atoms with Crippen molar-refractivity contribution in [2.24, 2.45) is 46.8 Å². The Kier molecular flexibility index (Phi) is 30.4. The zero-order valence-electron chi connectivity index (χ0n) is 38.8. The molecule has 0 spiro atoms. The van der Waals surface area contributed by atoms with Crippen molar-refractivity contribution in [2.45, 2.75) is 211 Å². The maximum atomic E-state index is 13.2. The Balaban J connectivity index is 4.72. The first kappa shape index (κ1) is 53.4. The average molecular weight is 780 g/mol. The van der Waals surface area contributed by atoms with Crippen molar-refractivity contribution in [3.63, 3.8) is 0 Å². The van der Waals surface area contributed by atoms with Gasteiger partial charge in [0.2, 0.25) is 0 Å². The number of rotatable bonds is 35. The second-order valence-corrected chi connectivity index (χ2v) is 20.0. The predicted octanol–water partition coefficient (Wildman–Crippen LogP) is 12.9. The molecule has 0 aliphatic rings. The molecule has 0 radical (unpaired) electrons. The molecule has 0 amide bonds. The van der Waals surface area contributed by atoms with E-state index in [0.29, 0.717) is 73.9 Å². The molecular weight excluding hydrogens is 687 g/mol. The molecule has 0 fully saturated rings. The Morgan fingerprint density at radius 1 is 0.527 bits per heavy atom. The van der Waals surface area contributed by atoms with Crippen LogP contribution in [0.1, 0.15) is 205 Å². The molecule has 55 heavy (non-hydrogen) atoms. The van der Waals surface area contributed by atoms with Gasteiger partial charge >= 0.3 is 17.9 Å². The van der Waals surface area contributed by atoms with Crippen LogP contribution in [0.25, 0.3) is 0 Å². The van der Waals surface area contributed by atoms with Crippen LogP contribution in [0.15, 0.2) is 0 Å². The SMILES string of the molecule is CC(C)CCC(COC(=O)CCCCCCCC(CCCCCCCC(=O)OCC(CCC(C)C)C(C)C)OC(=O)CC(C)(C)CC(C)CN(C)C)C(C)C. The molecule has 3 atom stereocenters. The van der Waals surface area contributed by atoms with Crippen LogP contribution in [0.5, 0.6) is 0 Å². The highest BCUT2D eigenvalue weighted by molar-refractivity contribution is 5.70. The normalized spacial score (nSPS) is 14.5. The van der Waals surface area contributed by atoms with E-state index in [2.05, 4.69) is 95.2 Å². The second-order valence-electron chi connectivity index (χ2n) is 20.0. The first-order valence-corrected chi connectivity index (χ1v) is 23.0. The monoisotopic (exact) mass is 780 g/mol. The van der Waals surface area contributed by atoms with Gasteiger partial charge in [-0.2, -0.15) is 0 Å². The van der Waals surface area contributed by atoms with Crippen molar-refractivity contribution < 1.29 is 28.6 Å². The van der Waals surface area contributed by atoms with Crippen LogP contribution in [-0.4, -0.2) is 62.8 Å². The molecule has 0 aliphatic carbocycles. The fraction of sp³-hybridized carbons (Fsp3) is 0.938. The summed E-state index contributed by atoms with van der Waals surface area (Å²) in [6.07, 6.45) is 18.8. The topological polar surface area (TPSA) is 82.1 Å². The van der Waals surface area contributed by atoms with Crippen LogP contribution in [0.2, 0.25) is 0 Å². The van der Waals surface area contributed by atoms with Crippen LogP contribution >= 0.6 is 0 Å². The van der Waals surface area contributed by atoms with Gasteiger partial charge < -0.3 is 19.1 Å². The van der Waals surface area contributed by atoms with Gasteiger partial charge in [-0.25, -0.2) is 0 Å². The Morgan fingerprint density at radius 3 is 1.31 bits per heavy atom. The van der Waals surface area contributed by atoms with Crippen LogP contribution < -0.4 is 0 Å². The Bertz CT molecular complexity index is 919. The molecule has 0 aromatic carbocycles. The maximum Gasteiger partial charge on any atom is 0.306 e. The lowest BCUT2D eigenvalue weighted by atomic mass is 9.80. The van der Waals surface area contributed by atoms with Crippen LogP contribution in [0, 0.1) is 46.8 Å². The smallest absolute Gasteiger partial charge is 0.306 e. The van der Waals surface area contributed by atoms with Crippen molar-refractivity contribution in [1.82, 2.24) is 4.90 Å². The van der Waals surface area contributed by atoms with Gasteiger partial charge in [0.15, 0.2) is 0 Å². The van der Waals surface area contributed by atoms with Crippen molar-refractivity contribution in [2.75, 3.05) is 33.9 Å². The van der Waals surface area contributed by atoms with E-state index in [4.69, 9.17) is 14.2 Å². The fourth-order valence-electron chi connectivity index (χ4n) is 7.78. The highest BCUT2D eigenvalue weighted by Gasteiger charge is 2.27. The summed E-state index contributed by atoms with van der Waals surface area (Å²) in [6.45, 7) is 26.6. The van der Waals surface area contributed by atoms with E-state index in [1.807, 2.05) is 0 Å². The van der Waals surface area contributed by atoms with E-state index in [1.165, 1.54) is 12.8 Å². The lowest BCUT2D eigenvalue weighted by Gasteiger charge is -2.29. The van der Waals surface area contributed by atoms with Gasteiger partial charge in [0.05, 0.1) is 19.6 Å². The van der Waals surface area contributed by atoms with E-state index in [-0.39, 0.29) is 29.4 Å². The molecule has 0 saturated heterocycles. The predicted molar refractivity (Wildman–Crippen MR) is 232 cm³/mol. The Hall–Kier alpha value is -1.63. The van der Waals surface area contributed by atoms with Crippen LogP contribution in [0.3, 0.4) is 0 Å². The molecule has 0 aromatic rings. The van der Waals surface area contributed by atoms with Gasteiger partial charge in [0.25, 0.3) is 0 Å². The van der Waals surface area contributed by atoms with Gasteiger partial charge in [-0.1, -0.05) is 128 Å². The Morgan fingerprint density at radius 2 is 0.927 bits per heavy atom.